The predicted octanol–water partition coefficient (Wildman–Crippen LogP) is 16.3. The second-order valence-corrected chi connectivity index (χ2v) is 41.9. The van der Waals surface area contributed by atoms with Gasteiger partial charge in [-0.15, -0.1) is 55.3 Å². The maximum absolute atomic E-state index is 12.5. The minimum Gasteiger partial charge on any atom is -0.378 e. The number of hydrogen-bond donors (Lipinski definition) is 1. The highest BCUT2D eigenvalue weighted by molar-refractivity contribution is 7.98. The van der Waals surface area contributed by atoms with Crippen LogP contribution < -0.4 is 5.73 Å². The molecule has 17 aliphatic rings. The van der Waals surface area contributed by atoms with Gasteiger partial charge in [-0.1, -0.05) is 67.9 Å². The number of fused-ring (bicyclic) bond motifs is 6. The average Bonchev–Trinajstić information content (AvgIpc) is 1.40. The van der Waals surface area contributed by atoms with Crippen molar-refractivity contribution in [1.29, 1.82) is 0 Å². The second kappa shape index (κ2) is 39.4. The van der Waals surface area contributed by atoms with Crippen LogP contribution in [0.3, 0.4) is 0 Å². The van der Waals surface area contributed by atoms with Gasteiger partial charge in [0.05, 0.1) is 89.6 Å². The lowest BCUT2D eigenvalue weighted by Gasteiger charge is -2.49. The maximum Gasteiger partial charge on any atom is 0.270 e. The monoisotopic (exact) mass is 1840 g/mol. The van der Waals surface area contributed by atoms with Gasteiger partial charge in [-0.25, -0.2) is 4.98 Å². The molecular weight excluding hydrogens is 1720 g/mol. The molecule has 2 N–H and O–H groups in total. The number of rotatable bonds is 10. The lowest BCUT2D eigenvalue weighted by molar-refractivity contribution is -0.115. The quantitative estimate of drug-likeness (QED) is 0.0762. The molecule has 12 heterocycles. The lowest BCUT2D eigenvalue weighted by Crippen LogP contribution is -2.43. The third-order valence-electron chi connectivity index (χ3n) is 33.3. The molecule has 0 radical (unpaired) electrons. The van der Waals surface area contributed by atoms with Crippen LogP contribution in [0.25, 0.3) is 39.0 Å². The Kier molecular flexibility index (Phi) is 27.2. The summed E-state index contributed by atoms with van der Waals surface area (Å²) in [6.45, 7) is 23.3. The Labute approximate surface area is 812 Å². The number of carbonyl (C=O) groups excluding carboxylic acids is 6. The van der Waals surface area contributed by atoms with Crippen molar-refractivity contribution in [3.05, 3.63) is 209 Å². The molecule has 5 spiro atoms. The Hall–Kier alpha value is -12.7. The van der Waals surface area contributed by atoms with Crippen molar-refractivity contribution in [1.82, 2.24) is 59.3 Å². The molecule has 0 unspecified atom stereocenters. The van der Waals surface area contributed by atoms with Gasteiger partial charge in [0.1, 0.15) is 6.20 Å². The number of hydrogen-bond acceptors (Lipinski definition) is 21. The zero-order valence-corrected chi connectivity index (χ0v) is 80.6. The second-order valence-electron chi connectivity index (χ2n) is 41.1. The fraction of sp³-hybridized carbons (Fsp3) is 0.470. The molecule has 5 saturated carbocycles. The molecule has 6 aliphatic heterocycles. The summed E-state index contributed by atoms with van der Waals surface area (Å²) in [5.74, 6) is 16.4. The summed E-state index contributed by atoms with van der Waals surface area (Å²) in [6.07, 6.45) is 81.8. The fourth-order valence-corrected chi connectivity index (χ4v) is 23.7. The largest absolute Gasteiger partial charge is 0.378 e. The molecule has 11 fully saturated rings. The van der Waals surface area contributed by atoms with Gasteiger partial charge in [0, 0.05) is 201 Å². The average molecular weight is 1840 g/mol. The number of terminal acetylenes is 6. The molecule has 700 valence electrons. The topological polar surface area (TPSA) is 239 Å². The predicted molar refractivity (Wildman–Crippen MR) is 535 cm³/mol. The van der Waals surface area contributed by atoms with Gasteiger partial charge in [0.15, 0.2) is 34.7 Å². The maximum atomic E-state index is 12.5. The number of Topliss-reactive ketones (excluding diaryl/α,β-unsaturated/α-hetero) is 6. The summed E-state index contributed by atoms with van der Waals surface area (Å²) >= 11 is 1.62. The first kappa shape index (κ1) is 94.6. The van der Waals surface area contributed by atoms with E-state index in [2.05, 4.69) is 126 Å². The zero-order valence-electron chi connectivity index (χ0n) is 79.8. The van der Waals surface area contributed by atoms with Crippen LogP contribution in [0.2, 0.25) is 0 Å². The van der Waals surface area contributed by atoms with Crippen molar-refractivity contribution in [2.45, 2.75) is 230 Å². The highest BCUT2D eigenvalue weighted by Gasteiger charge is 2.50. The summed E-state index contributed by atoms with van der Waals surface area (Å²) in [6, 6.07) is 13.9. The minimum absolute atomic E-state index is 0.0121. The Morgan fingerprint density at radius 1 is 0.387 bits per heavy atom. The molecule has 11 aliphatic carbocycles. The Morgan fingerprint density at radius 3 is 1.06 bits per heavy atom. The number of likely N-dealkylation sites (tertiary alicyclic amines) is 6. The van der Waals surface area contributed by atoms with Crippen LogP contribution in [-0.4, -0.2) is 192 Å². The molecule has 21 nitrogen and oxygen atoms in total. The summed E-state index contributed by atoms with van der Waals surface area (Å²) in [7, 11) is 1.76. The van der Waals surface area contributed by atoms with Crippen molar-refractivity contribution in [3.8, 4) is 74.1 Å². The number of methoxy groups -OCH3 is 1. The number of allylic oxidation sites excluding steroid dienone is 6. The van der Waals surface area contributed by atoms with E-state index in [0.717, 1.165) is 215 Å². The van der Waals surface area contributed by atoms with Gasteiger partial charge in [0.2, 0.25) is 0 Å². The number of ether oxygens (including phenoxy) is 1. The summed E-state index contributed by atoms with van der Waals surface area (Å²) in [4.78, 5) is 118. The van der Waals surface area contributed by atoms with E-state index in [0.29, 0.717) is 105 Å². The zero-order chi connectivity index (χ0) is 95.7. The van der Waals surface area contributed by atoms with Crippen molar-refractivity contribution in [2.75, 3.05) is 91.9 Å². The Balaban J connectivity index is 0.000000109. The van der Waals surface area contributed by atoms with E-state index < -0.39 is 0 Å². The number of piperidine rings is 6. The van der Waals surface area contributed by atoms with Gasteiger partial charge in [-0.05, 0) is 258 Å². The molecule has 6 aromatic heterocycles. The van der Waals surface area contributed by atoms with Crippen molar-refractivity contribution in [2.24, 2.45) is 32.8 Å². The SMILES string of the molecule is C#CC1=C(N2CCC(C)(OC)CC2)c2ccncc2CC1=O.C#CC1=C(N2CCC3(CC2)CC3)c2cc(CC)ncc2CC1=O.C#CC1=C(N2CCC3(CC2)CC3)c2cc(SC)ncc2CC1=O.C#CC1=C(N2CCC3(CC2)CC3)c2ncccc2CC1=O.C#CC1=C(N2CCC3(CCC3)CC2)c2cc(CN)ncc2CC1=O.[C-]#[N+]c1cc2c(cn1)CC(=O)C(C#C)=C2N1CCC2(CCC2)CC1. The van der Waals surface area contributed by atoms with Crippen LogP contribution in [0, 0.1) is 108 Å². The van der Waals surface area contributed by atoms with E-state index in [-0.39, 0.29) is 46.7 Å². The molecule has 0 bridgehead atoms. The van der Waals surface area contributed by atoms with Crippen LogP contribution in [0.15, 0.2) is 124 Å². The number of pyridine rings is 6. The smallest absolute Gasteiger partial charge is 0.270 e. The molecule has 0 amide bonds. The first-order chi connectivity index (χ1) is 66.4. The molecule has 6 aromatic rings. The van der Waals surface area contributed by atoms with Gasteiger partial charge < -0.3 is 44.7 Å². The van der Waals surface area contributed by atoms with Gasteiger partial charge in [0.25, 0.3) is 5.82 Å². The normalized spacial score (nSPS) is 21.9. The van der Waals surface area contributed by atoms with Crippen LogP contribution in [0.4, 0.5) is 5.82 Å². The number of thioether (sulfide) groups is 1. The molecular formula is C115H122N14O7S. The van der Waals surface area contributed by atoms with Gasteiger partial charge in [-0.3, -0.25) is 48.7 Å². The number of nitrogens with two attached hydrogens (primary N) is 1. The van der Waals surface area contributed by atoms with Crippen LogP contribution >= 0.6 is 11.8 Å². The van der Waals surface area contributed by atoms with Crippen molar-refractivity contribution in [3.63, 3.8) is 0 Å². The third kappa shape index (κ3) is 19.2. The van der Waals surface area contributed by atoms with Gasteiger partial charge in [-0.2, -0.15) is 0 Å². The van der Waals surface area contributed by atoms with E-state index in [1.165, 1.54) is 141 Å². The molecule has 22 heteroatoms. The van der Waals surface area contributed by atoms with Crippen molar-refractivity contribution >= 4 is 86.5 Å². The van der Waals surface area contributed by atoms with E-state index in [4.69, 9.17) is 55.6 Å². The Bertz CT molecular complexity index is 6290. The summed E-state index contributed by atoms with van der Waals surface area (Å²) in [5.41, 5.74) is 31.2. The minimum atomic E-state index is -0.0902. The van der Waals surface area contributed by atoms with E-state index in [1.807, 2.05) is 42.9 Å². The first-order valence-electron chi connectivity index (χ1n) is 49.4. The molecule has 6 saturated heterocycles. The first-order valence-corrected chi connectivity index (χ1v) is 50.6. The third-order valence-corrected chi connectivity index (χ3v) is 33.9. The molecule has 0 aromatic carbocycles. The summed E-state index contributed by atoms with van der Waals surface area (Å²) < 4.78 is 5.60. The Morgan fingerprint density at radius 2 is 0.708 bits per heavy atom. The molecule has 0 atom stereocenters. The number of aromatic nitrogens is 6. The highest BCUT2D eigenvalue weighted by Crippen LogP contribution is 2.58. The standard InChI is InChI=1S/C20H19N3O.C20H23N3O.C20H22N2O.C19H20N2OS.C18H20N2O2.C18H18N2O/c1-3-15-17(24)11-14-13-22-18(21-2)12-16(14)19(15)23-9-7-20(8-10-23)5-4-6-20;1-2-16-18(24)10-14-13-22-15(12-21)11-17(14)19(16)23-8-6-20(7-9-23)4-3-5-20;1-3-15-12-17-14(13-21-15)11-18(23)16(4-2)19(17)22-9-7-20(5-6-20)8-10-22;1-3-14-16(22)10-13-12-20-17(23-2)11-15(13)18(14)21-8-6-19(4-5-19)7-9-21;1-4-14-16(21)11-13-12-19-8-5-15(13)17(14)20-9-6-18(2,22-3)7-10-20;1-2-14-15(21)12-13-4-3-9-19-16(13)17(14)20-10-7-18(5-6-18)8-11-20/h1,12-13H,4-11H2;1,11,13H,3-10,12,21H2;2,12-13H,3,5-11H2,1H3;1,11-12H,4-10H2,2H3;1,5,8,12H,6-7,9-11H2,2-3H3;1,3-4,9H,5-8,10-12H2. The van der Waals surface area contributed by atoms with Gasteiger partial charge >= 0.3 is 0 Å². The molecule has 137 heavy (non-hydrogen) atoms. The van der Waals surface area contributed by atoms with Crippen molar-refractivity contribution < 1.29 is 33.5 Å². The molecule has 23 rings (SSSR count). The number of aryl methyl sites for hydroxylation is 1. The van der Waals surface area contributed by atoms with E-state index in [9.17, 15) is 28.8 Å². The van der Waals surface area contributed by atoms with E-state index in [1.54, 1.807) is 55.9 Å². The number of ketones is 6. The highest BCUT2D eigenvalue weighted by atomic mass is 32.2. The van der Waals surface area contributed by atoms with Crippen LogP contribution in [-0.2, 0) is 85.0 Å². The lowest BCUT2D eigenvalue weighted by atomic mass is 9.63. The summed E-state index contributed by atoms with van der Waals surface area (Å²) in [5, 5.41) is 0.975. The fourth-order valence-electron chi connectivity index (χ4n) is 23.3. The van der Waals surface area contributed by atoms with Crippen LogP contribution in [0.1, 0.15) is 246 Å². The van der Waals surface area contributed by atoms with E-state index >= 15 is 0 Å². The number of nitrogens with zero attached hydrogens (tertiary/aromatic N) is 13. The number of carbonyl (C=O) groups is 6. The van der Waals surface area contributed by atoms with Crippen LogP contribution in [0.5, 0.6) is 0 Å².